The summed E-state index contributed by atoms with van der Waals surface area (Å²) >= 11 is 9.34. The lowest BCUT2D eigenvalue weighted by Crippen LogP contribution is -2.54. The van der Waals surface area contributed by atoms with Crippen LogP contribution < -0.4 is 20.1 Å². The van der Waals surface area contributed by atoms with Gasteiger partial charge in [0.1, 0.15) is 17.9 Å². The fourth-order valence-corrected chi connectivity index (χ4v) is 3.16. The summed E-state index contributed by atoms with van der Waals surface area (Å²) in [6.07, 6.45) is 1.20. The highest BCUT2D eigenvalue weighted by molar-refractivity contribution is 9.10. The zero-order valence-electron chi connectivity index (χ0n) is 14.5. The lowest BCUT2D eigenvalue weighted by molar-refractivity contribution is -0.307. The molecule has 1 saturated heterocycles. The van der Waals surface area contributed by atoms with Gasteiger partial charge in [0.25, 0.3) is 11.8 Å². The van der Waals surface area contributed by atoms with Crippen molar-refractivity contribution in [3.63, 3.8) is 0 Å². The lowest BCUT2D eigenvalue weighted by Gasteiger charge is -2.27. The molecule has 2 aromatic carbocycles. The third-order valence-corrected chi connectivity index (χ3v) is 4.63. The summed E-state index contributed by atoms with van der Waals surface area (Å²) in [5.74, 6) is -3.13. The number of ether oxygens (including phenoxy) is 1. The number of anilines is 1. The molecule has 0 aliphatic carbocycles. The Morgan fingerprint density at radius 1 is 1.21 bits per heavy atom. The molecule has 10 heteroatoms. The minimum Gasteiger partial charge on any atom is -0.546 e. The van der Waals surface area contributed by atoms with Gasteiger partial charge in [0.2, 0.25) is 0 Å². The third kappa shape index (κ3) is 4.47. The molecule has 2 aromatic rings. The van der Waals surface area contributed by atoms with Gasteiger partial charge in [-0.1, -0.05) is 39.7 Å². The van der Waals surface area contributed by atoms with Crippen LogP contribution in [-0.4, -0.2) is 30.4 Å². The fraction of sp³-hybridized carbons (Fsp3) is 0.0526. The second-order valence-electron chi connectivity index (χ2n) is 5.75. The summed E-state index contributed by atoms with van der Waals surface area (Å²) in [6, 6.07) is 9.81. The van der Waals surface area contributed by atoms with Crippen LogP contribution in [0.4, 0.5) is 10.5 Å². The van der Waals surface area contributed by atoms with Gasteiger partial charge in [-0.2, -0.15) is 0 Å². The van der Waals surface area contributed by atoms with E-state index >= 15 is 0 Å². The SMILES string of the molecule is O=C([O-])COc1ccc(Br)cc1/C=C1\C(=O)NC(=O)N(c2ccccc2Cl)C1=O. The summed E-state index contributed by atoms with van der Waals surface area (Å²) in [4.78, 5) is 48.9. The summed E-state index contributed by atoms with van der Waals surface area (Å²) in [7, 11) is 0. The maximum atomic E-state index is 12.9. The molecule has 0 bridgehead atoms. The largest absolute Gasteiger partial charge is 0.546 e. The molecule has 8 nitrogen and oxygen atoms in total. The highest BCUT2D eigenvalue weighted by atomic mass is 79.9. The van der Waals surface area contributed by atoms with Crippen LogP contribution >= 0.6 is 27.5 Å². The number of hydrogen-bond acceptors (Lipinski definition) is 6. The van der Waals surface area contributed by atoms with Crippen molar-refractivity contribution in [2.75, 3.05) is 11.5 Å². The molecular formula is C19H11BrClN2O6-. The van der Waals surface area contributed by atoms with Gasteiger partial charge in [-0.15, -0.1) is 0 Å². The molecule has 1 aliphatic heterocycles. The number of urea groups is 1. The van der Waals surface area contributed by atoms with E-state index in [2.05, 4.69) is 21.2 Å². The number of barbiturate groups is 1. The number of carboxylic acid groups (broad SMARTS) is 1. The average molecular weight is 479 g/mol. The first kappa shape index (κ1) is 20.6. The zero-order valence-corrected chi connectivity index (χ0v) is 16.8. The van der Waals surface area contributed by atoms with E-state index in [1.807, 2.05) is 0 Å². The van der Waals surface area contributed by atoms with Crippen LogP contribution in [0.25, 0.3) is 6.08 Å². The second-order valence-corrected chi connectivity index (χ2v) is 7.07. The molecule has 1 N–H and O–H groups in total. The standard InChI is InChI=1S/C19H12BrClN2O6/c20-11-5-6-15(29-9-16(24)25)10(7-11)8-12-17(26)22-19(28)23(18(12)27)14-4-2-1-3-13(14)21/h1-8H,9H2,(H,24,25)(H,22,26,28)/p-1/b12-8+. The molecule has 29 heavy (non-hydrogen) atoms. The molecule has 0 unspecified atom stereocenters. The first-order valence-electron chi connectivity index (χ1n) is 8.06. The summed E-state index contributed by atoms with van der Waals surface area (Å²) in [5.41, 5.74) is -0.00811. The lowest BCUT2D eigenvalue weighted by atomic mass is 10.1. The third-order valence-electron chi connectivity index (χ3n) is 3.81. The summed E-state index contributed by atoms with van der Waals surface area (Å²) < 4.78 is 5.74. The van der Waals surface area contributed by atoms with Crippen LogP contribution in [-0.2, 0) is 14.4 Å². The normalized spacial score (nSPS) is 15.4. The van der Waals surface area contributed by atoms with Crippen molar-refractivity contribution in [3.05, 3.63) is 63.1 Å². The molecule has 1 aliphatic rings. The van der Waals surface area contributed by atoms with Gasteiger partial charge in [0, 0.05) is 10.0 Å². The number of benzene rings is 2. The van der Waals surface area contributed by atoms with Crippen molar-refractivity contribution >= 4 is 63.1 Å². The number of nitrogens with zero attached hydrogens (tertiary/aromatic N) is 1. The van der Waals surface area contributed by atoms with Crippen molar-refractivity contribution in [1.29, 1.82) is 0 Å². The van der Waals surface area contributed by atoms with E-state index in [0.29, 0.717) is 4.47 Å². The van der Waals surface area contributed by atoms with Gasteiger partial charge in [0.15, 0.2) is 0 Å². The zero-order chi connectivity index (χ0) is 21.1. The minimum atomic E-state index is -1.44. The second kappa shape index (κ2) is 8.46. The highest BCUT2D eigenvalue weighted by Crippen LogP contribution is 2.30. The Morgan fingerprint density at radius 3 is 2.62 bits per heavy atom. The number of halogens is 2. The molecular weight excluding hydrogens is 468 g/mol. The summed E-state index contributed by atoms with van der Waals surface area (Å²) in [5, 5.41) is 12.9. The Labute approximate surface area is 177 Å². The number of imide groups is 2. The molecule has 0 aromatic heterocycles. The monoisotopic (exact) mass is 477 g/mol. The molecule has 0 radical (unpaired) electrons. The number of carboxylic acids is 1. The predicted molar refractivity (Wildman–Crippen MR) is 105 cm³/mol. The van der Waals surface area contributed by atoms with Crippen molar-refractivity contribution < 1.29 is 29.0 Å². The van der Waals surface area contributed by atoms with Crippen LogP contribution in [0.15, 0.2) is 52.5 Å². The van der Waals surface area contributed by atoms with Crippen LogP contribution in [0.2, 0.25) is 5.02 Å². The maximum Gasteiger partial charge on any atom is 0.335 e. The van der Waals surface area contributed by atoms with Crippen molar-refractivity contribution in [1.82, 2.24) is 5.32 Å². The molecule has 148 valence electrons. The van der Waals surface area contributed by atoms with Crippen LogP contribution in [0, 0.1) is 0 Å². The van der Waals surface area contributed by atoms with E-state index in [1.54, 1.807) is 18.2 Å². The van der Waals surface area contributed by atoms with Gasteiger partial charge in [-0.05, 0) is 36.4 Å². The van der Waals surface area contributed by atoms with E-state index < -0.39 is 30.4 Å². The molecule has 0 saturated carbocycles. The number of rotatable bonds is 5. The Morgan fingerprint density at radius 2 is 1.93 bits per heavy atom. The molecule has 3 rings (SSSR count). The minimum absolute atomic E-state index is 0.103. The summed E-state index contributed by atoms with van der Waals surface area (Å²) in [6.45, 7) is -0.720. The van der Waals surface area contributed by atoms with Crippen LogP contribution in [0.3, 0.4) is 0 Å². The molecule has 4 amide bonds. The first-order chi connectivity index (χ1) is 13.8. The molecule has 1 heterocycles. The van der Waals surface area contributed by atoms with Crippen LogP contribution in [0.5, 0.6) is 5.75 Å². The Kier molecular flexibility index (Phi) is 6.00. The molecule has 0 spiro atoms. The van der Waals surface area contributed by atoms with Gasteiger partial charge in [-0.3, -0.25) is 14.9 Å². The van der Waals surface area contributed by atoms with E-state index in [4.69, 9.17) is 16.3 Å². The van der Waals surface area contributed by atoms with Crippen molar-refractivity contribution in [2.24, 2.45) is 0 Å². The number of carbonyl (C=O) groups is 4. The maximum absolute atomic E-state index is 12.9. The number of aliphatic carboxylic acids is 1. The number of para-hydroxylation sites is 1. The van der Waals surface area contributed by atoms with Gasteiger partial charge in [-0.25, -0.2) is 9.69 Å². The fourth-order valence-electron chi connectivity index (χ4n) is 2.57. The number of hydrogen-bond donors (Lipinski definition) is 1. The smallest absolute Gasteiger partial charge is 0.335 e. The number of carbonyl (C=O) groups excluding carboxylic acids is 4. The number of amides is 4. The van der Waals surface area contributed by atoms with E-state index in [0.717, 1.165) is 4.90 Å². The van der Waals surface area contributed by atoms with E-state index in [-0.39, 0.29) is 27.6 Å². The topological polar surface area (TPSA) is 116 Å². The average Bonchev–Trinajstić information content (AvgIpc) is 2.65. The highest BCUT2D eigenvalue weighted by Gasteiger charge is 2.37. The van der Waals surface area contributed by atoms with Crippen LogP contribution in [0.1, 0.15) is 5.56 Å². The Hall–Kier alpha value is -3.17. The first-order valence-corrected chi connectivity index (χ1v) is 9.23. The Balaban J connectivity index is 2.04. The van der Waals surface area contributed by atoms with E-state index in [1.165, 1.54) is 30.3 Å². The quantitative estimate of drug-likeness (QED) is 0.518. The van der Waals surface area contributed by atoms with Gasteiger partial charge >= 0.3 is 6.03 Å². The van der Waals surface area contributed by atoms with Gasteiger partial charge in [0.05, 0.1) is 16.7 Å². The number of nitrogens with one attached hydrogen (secondary N) is 1. The Bertz CT molecular complexity index is 1070. The van der Waals surface area contributed by atoms with E-state index in [9.17, 15) is 24.3 Å². The predicted octanol–water partition coefficient (Wildman–Crippen LogP) is 1.90. The van der Waals surface area contributed by atoms with Crippen molar-refractivity contribution in [3.8, 4) is 5.75 Å². The molecule has 1 fully saturated rings. The molecule has 0 atom stereocenters. The van der Waals surface area contributed by atoms with Gasteiger partial charge < -0.3 is 14.6 Å². The van der Waals surface area contributed by atoms with Crippen molar-refractivity contribution in [2.45, 2.75) is 0 Å².